The first kappa shape index (κ1) is 13.8. The third-order valence-corrected chi connectivity index (χ3v) is 3.61. The lowest BCUT2D eigenvalue weighted by Gasteiger charge is -2.24. The molecule has 0 saturated heterocycles. The summed E-state index contributed by atoms with van der Waals surface area (Å²) in [4.78, 5) is 0. The molecule has 19 heavy (non-hydrogen) atoms. The summed E-state index contributed by atoms with van der Waals surface area (Å²) in [6.07, 6.45) is -0.562. The van der Waals surface area contributed by atoms with Gasteiger partial charge < -0.3 is 10.8 Å². The van der Waals surface area contributed by atoms with E-state index in [9.17, 15) is 5.11 Å². The van der Waals surface area contributed by atoms with Crippen LogP contribution in [-0.4, -0.2) is 11.7 Å². The van der Waals surface area contributed by atoms with Crippen LogP contribution >= 0.6 is 0 Å². The van der Waals surface area contributed by atoms with Crippen molar-refractivity contribution in [1.82, 2.24) is 0 Å². The minimum atomic E-state index is -0.562. The van der Waals surface area contributed by atoms with E-state index in [1.165, 1.54) is 5.56 Å². The molecule has 3 N–H and O–H groups in total. The fourth-order valence-electron chi connectivity index (χ4n) is 2.52. The van der Waals surface area contributed by atoms with Crippen LogP contribution in [-0.2, 0) is 0 Å². The van der Waals surface area contributed by atoms with Crippen molar-refractivity contribution in [3.05, 3.63) is 70.8 Å². The van der Waals surface area contributed by atoms with Crippen LogP contribution in [0.15, 0.2) is 48.5 Å². The third-order valence-electron chi connectivity index (χ3n) is 3.61. The summed E-state index contributed by atoms with van der Waals surface area (Å²) in [5, 5.41) is 10.6. The van der Waals surface area contributed by atoms with Crippen LogP contribution in [0.25, 0.3) is 0 Å². The summed E-state index contributed by atoms with van der Waals surface area (Å²) in [5.74, 6) is -0.0670. The highest BCUT2D eigenvalue weighted by Gasteiger charge is 2.22. The first-order valence-electron chi connectivity index (χ1n) is 6.63. The SMILES string of the molecule is Cc1ccc(C(O)C(CN)c2ccccc2)c(C)c1. The minimum Gasteiger partial charge on any atom is -0.388 e. The lowest BCUT2D eigenvalue weighted by molar-refractivity contribution is 0.147. The standard InChI is InChI=1S/C17H21NO/c1-12-8-9-15(13(2)10-12)17(19)16(11-18)14-6-4-3-5-7-14/h3-10,16-17,19H,11,18H2,1-2H3. The first-order valence-corrected chi connectivity index (χ1v) is 6.63. The molecule has 2 aromatic carbocycles. The van der Waals surface area contributed by atoms with Gasteiger partial charge in [-0.15, -0.1) is 0 Å². The predicted octanol–water partition coefficient (Wildman–Crippen LogP) is 3.08. The molecule has 0 heterocycles. The Morgan fingerprint density at radius 1 is 1.05 bits per heavy atom. The first-order chi connectivity index (χ1) is 9.13. The largest absolute Gasteiger partial charge is 0.388 e. The number of aliphatic hydroxyl groups is 1. The van der Waals surface area contributed by atoms with Crippen LogP contribution in [0, 0.1) is 13.8 Å². The van der Waals surface area contributed by atoms with E-state index in [-0.39, 0.29) is 5.92 Å². The fraction of sp³-hybridized carbons (Fsp3) is 0.294. The Labute approximate surface area is 114 Å². The van der Waals surface area contributed by atoms with Crippen molar-refractivity contribution < 1.29 is 5.11 Å². The monoisotopic (exact) mass is 255 g/mol. The molecule has 2 nitrogen and oxygen atoms in total. The molecule has 0 aliphatic rings. The van der Waals surface area contributed by atoms with E-state index >= 15 is 0 Å². The average Bonchev–Trinajstić information content (AvgIpc) is 2.40. The van der Waals surface area contributed by atoms with E-state index in [2.05, 4.69) is 13.0 Å². The quantitative estimate of drug-likeness (QED) is 0.882. The number of aryl methyl sites for hydroxylation is 2. The van der Waals surface area contributed by atoms with Gasteiger partial charge in [0.05, 0.1) is 6.10 Å². The average molecular weight is 255 g/mol. The maximum atomic E-state index is 10.6. The number of nitrogens with two attached hydrogens (primary N) is 1. The molecule has 2 atom stereocenters. The molecule has 0 bridgehead atoms. The van der Waals surface area contributed by atoms with Gasteiger partial charge in [0.2, 0.25) is 0 Å². The van der Waals surface area contributed by atoms with Gasteiger partial charge in [-0.05, 0) is 30.5 Å². The Morgan fingerprint density at radius 3 is 2.32 bits per heavy atom. The van der Waals surface area contributed by atoms with Crippen molar-refractivity contribution in [3.8, 4) is 0 Å². The van der Waals surface area contributed by atoms with Crippen LogP contribution in [0.3, 0.4) is 0 Å². The molecule has 0 aliphatic heterocycles. The van der Waals surface area contributed by atoms with E-state index in [0.717, 1.165) is 16.7 Å². The summed E-state index contributed by atoms with van der Waals surface area (Å²) in [5.41, 5.74) is 10.2. The molecule has 0 fully saturated rings. The Kier molecular flexibility index (Phi) is 4.35. The number of rotatable bonds is 4. The van der Waals surface area contributed by atoms with E-state index in [0.29, 0.717) is 6.54 Å². The maximum Gasteiger partial charge on any atom is 0.0873 e. The van der Waals surface area contributed by atoms with E-state index < -0.39 is 6.10 Å². The molecule has 2 heteroatoms. The minimum absolute atomic E-state index is 0.0670. The van der Waals surface area contributed by atoms with Crippen molar-refractivity contribution in [2.24, 2.45) is 5.73 Å². The zero-order valence-electron chi connectivity index (χ0n) is 11.5. The molecular formula is C17H21NO. The summed E-state index contributed by atoms with van der Waals surface area (Å²) in [6.45, 7) is 4.52. The number of hydrogen-bond acceptors (Lipinski definition) is 2. The molecule has 0 saturated carbocycles. The van der Waals surface area contributed by atoms with E-state index in [1.54, 1.807) is 0 Å². The molecule has 100 valence electrons. The third kappa shape index (κ3) is 3.03. The normalized spacial score (nSPS) is 14.1. The molecule has 2 unspecified atom stereocenters. The molecule has 2 aromatic rings. The van der Waals surface area contributed by atoms with Crippen molar-refractivity contribution in [1.29, 1.82) is 0 Å². The van der Waals surface area contributed by atoms with Crippen LogP contribution in [0.1, 0.15) is 34.3 Å². The number of benzene rings is 2. The summed E-state index contributed by atoms with van der Waals surface area (Å²) in [7, 11) is 0. The Balaban J connectivity index is 2.33. The Bertz CT molecular complexity index is 536. The van der Waals surface area contributed by atoms with Crippen LogP contribution < -0.4 is 5.73 Å². The van der Waals surface area contributed by atoms with Crippen molar-refractivity contribution in [2.45, 2.75) is 25.9 Å². The van der Waals surface area contributed by atoms with Gasteiger partial charge in [-0.3, -0.25) is 0 Å². The molecule has 2 rings (SSSR count). The maximum absolute atomic E-state index is 10.6. The van der Waals surface area contributed by atoms with Gasteiger partial charge in [-0.2, -0.15) is 0 Å². The zero-order valence-corrected chi connectivity index (χ0v) is 11.5. The van der Waals surface area contributed by atoms with Gasteiger partial charge >= 0.3 is 0 Å². The van der Waals surface area contributed by atoms with Gasteiger partial charge in [0, 0.05) is 12.5 Å². The second-order valence-corrected chi connectivity index (χ2v) is 5.06. The number of aliphatic hydroxyl groups excluding tert-OH is 1. The second-order valence-electron chi connectivity index (χ2n) is 5.06. The van der Waals surface area contributed by atoms with Crippen LogP contribution in [0.5, 0.6) is 0 Å². The van der Waals surface area contributed by atoms with E-state index in [1.807, 2.05) is 49.4 Å². The van der Waals surface area contributed by atoms with Crippen LogP contribution in [0.2, 0.25) is 0 Å². The lowest BCUT2D eigenvalue weighted by Crippen LogP contribution is -2.20. The van der Waals surface area contributed by atoms with E-state index in [4.69, 9.17) is 5.73 Å². The molecule has 0 radical (unpaired) electrons. The second kappa shape index (κ2) is 6.00. The van der Waals surface area contributed by atoms with Crippen molar-refractivity contribution >= 4 is 0 Å². The van der Waals surface area contributed by atoms with Gasteiger partial charge in [-0.1, -0.05) is 54.1 Å². The Morgan fingerprint density at radius 2 is 1.74 bits per heavy atom. The van der Waals surface area contributed by atoms with Gasteiger partial charge in [-0.25, -0.2) is 0 Å². The highest BCUT2D eigenvalue weighted by Crippen LogP contribution is 2.32. The van der Waals surface area contributed by atoms with Crippen molar-refractivity contribution in [2.75, 3.05) is 6.54 Å². The molecular weight excluding hydrogens is 234 g/mol. The fourth-order valence-corrected chi connectivity index (χ4v) is 2.52. The molecule has 0 aliphatic carbocycles. The highest BCUT2D eigenvalue weighted by molar-refractivity contribution is 5.35. The summed E-state index contributed by atoms with van der Waals surface area (Å²) < 4.78 is 0. The van der Waals surface area contributed by atoms with Gasteiger partial charge in [0.25, 0.3) is 0 Å². The molecule has 0 spiro atoms. The number of hydrogen-bond donors (Lipinski definition) is 2. The zero-order chi connectivity index (χ0) is 13.8. The van der Waals surface area contributed by atoms with Crippen LogP contribution in [0.4, 0.5) is 0 Å². The molecule has 0 aromatic heterocycles. The predicted molar refractivity (Wildman–Crippen MR) is 79.1 cm³/mol. The summed E-state index contributed by atoms with van der Waals surface area (Å²) >= 11 is 0. The molecule has 0 amide bonds. The van der Waals surface area contributed by atoms with Crippen molar-refractivity contribution in [3.63, 3.8) is 0 Å². The van der Waals surface area contributed by atoms with Gasteiger partial charge in [0.1, 0.15) is 0 Å². The van der Waals surface area contributed by atoms with Gasteiger partial charge in [0.15, 0.2) is 0 Å². The highest BCUT2D eigenvalue weighted by atomic mass is 16.3. The smallest absolute Gasteiger partial charge is 0.0873 e. The summed E-state index contributed by atoms with van der Waals surface area (Å²) in [6, 6.07) is 16.1. The lowest BCUT2D eigenvalue weighted by atomic mass is 9.87. The Hall–Kier alpha value is -1.64. The topological polar surface area (TPSA) is 46.2 Å².